The molecule has 28 heavy (non-hydrogen) atoms. The molecule has 0 saturated heterocycles. The lowest BCUT2D eigenvalue weighted by atomic mass is 9.96. The van der Waals surface area contributed by atoms with Crippen LogP contribution in [0.4, 0.5) is 0 Å². The van der Waals surface area contributed by atoms with Crippen molar-refractivity contribution in [2.45, 2.75) is 78.1 Å². The fourth-order valence-corrected chi connectivity index (χ4v) is 4.76. The molecule has 0 aliphatic rings. The third-order valence-electron chi connectivity index (χ3n) is 4.56. The van der Waals surface area contributed by atoms with E-state index in [1.54, 1.807) is 0 Å². The van der Waals surface area contributed by atoms with Gasteiger partial charge in [0.05, 0.1) is 23.3 Å². The van der Waals surface area contributed by atoms with E-state index in [-0.39, 0.29) is 10.8 Å². The molecule has 0 aliphatic heterocycles. The zero-order valence-electron chi connectivity index (χ0n) is 18.3. The van der Waals surface area contributed by atoms with Crippen LogP contribution in [0.3, 0.4) is 0 Å². The van der Waals surface area contributed by atoms with Crippen molar-refractivity contribution in [3.63, 3.8) is 0 Å². The fourth-order valence-electron chi connectivity index (χ4n) is 2.63. The minimum atomic E-state index is 0.218. The van der Waals surface area contributed by atoms with Crippen LogP contribution in [0.15, 0.2) is 22.4 Å². The van der Waals surface area contributed by atoms with Gasteiger partial charge in [-0.1, -0.05) is 54.4 Å². The molecule has 154 valence electrons. The van der Waals surface area contributed by atoms with Crippen molar-refractivity contribution in [3.05, 3.63) is 33.8 Å². The summed E-state index contributed by atoms with van der Waals surface area (Å²) < 4.78 is 0. The molecule has 0 aromatic carbocycles. The molecule has 4 nitrogen and oxygen atoms in total. The van der Waals surface area contributed by atoms with Gasteiger partial charge in [-0.15, -0.1) is 16.4 Å². The minimum Gasteiger partial charge on any atom is -0.291 e. The third kappa shape index (κ3) is 8.02. The topological polar surface area (TPSA) is 50.5 Å². The first-order chi connectivity index (χ1) is 13.2. The highest BCUT2D eigenvalue weighted by Gasteiger charge is 2.16. The molecule has 2 heterocycles. The second-order valence-corrected chi connectivity index (χ2v) is 12.0. The largest absolute Gasteiger partial charge is 0.291 e. The number of hydrogen-bond acceptors (Lipinski definition) is 4. The maximum atomic E-state index is 4.55. The summed E-state index contributed by atoms with van der Waals surface area (Å²) in [6.45, 7) is 15.3. The van der Waals surface area contributed by atoms with E-state index < -0.39 is 0 Å². The van der Waals surface area contributed by atoms with Gasteiger partial charge in [-0.3, -0.25) is 20.0 Å². The van der Waals surface area contributed by atoms with Crippen molar-refractivity contribution in [3.8, 4) is 0 Å². The van der Waals surface area contributed by atoms with Gasteiger partial charge in [0.2, 0.25) is 0 Å². The molecule has 2 rings (SSSR count). The van der Waals surface area contributed by atoms with Crippen LogP contribution in [0.2, 0.25) is 0 Å². The Labute approximate surface area is 174 Å². The molecule has 0 N–H and O–H groups in total. The molecule has 0 fully saturated rings. The normalized spacial score (nSPS) is 13.8. The molecule has 0 saturated carbocycles. The average molecular weight is 419 g/mol. The standard InChI is InChI=1S/C22H36N4P2/c1-21(2,3)17-13-25-19(27-17)15-23-11-9-7-8-10-12-24-16-20-26-14-18(28-20)22(4,5)6/h13-16,27-28H,7-12H2,1-6H3. The van der Waals surface area contributed by atoms with Gasteiger partial charge < -0.3 is 0 Å². The summed E-state index contributed by atoms with van der Waals surface area (Å²) in [6, 6.07) is 0. The summed E-state index contributed by atoms with van der Waals surface area (Å²) in [5.74, 6) is 0. The predicted molar refractivity (Wildman–Crippen MR) is 128 cm³/mol. The van der Waals surface area contributed by atoms with Crippen LogP contribution >= 0.6 is 16.4 Å². The lowest BCUT2D eigenvalue weighted by Crippen LogP contribution is -2.07. The van der Waals surface area contributed by atoms with E-state index in [9.17, 15) is 0 Å². The van der Waals surface area contributed by atoms with Gasteiger partial charge in [0.15, 0.2) is 0 Å². The Morgan fingerprint density at radius 1 is 0.714 bits per heavy atom. The molecule has 2 aromatic heterocycles. The summed E-state index contributed by atoms with van der Waals surface area (Å²) in [5, 5.41) is 2.84. The van der Waals surface area contributed by atoms with Crippen molar-refractivity contribution >= 4 is 28.8 Å². The summed E-state index contributed by atoms with van der Waals surface area (Å²) in [5.41, 5.74) is 2.68. The van der Waals surface area contributed by atoms with Crippen LogP contribution in [-0.4, -0.2) is 35.5 Å². The summed E-state index contributed by atoms with van der Waals surface area (Å²) in [4.78, 5) is 18.1. The summed E-state index contributed by atoms with van der Waals surface area (Å²) in [6.07, 6.45) is 12.7. The highest BCUT2D eigenvalue weighted by Crippen LogP contribution is 2.31. The molecular formula is C22H36N4P2. The zero-order chi connectivity index (χ0) is 20.6. The van der Waals surface area contributed by atoms with Gasteiger partial charge in [-0.05, 0) is 34.3 Å². The number of aliphatic imine (C=N–C) groups is 2. The number of unbranched alkanes of at least 4 members (excludes halogenated alkanes) is 3. The number of nitrogens with zero attached hydrogens (tertiary/aromatic N) is 4. The SMILES string of the molecule is CC(C)(C)c1cnc(C=NCCCCCCN=Cc2ncc(C(C)(C)C)[pH]2)[pH]1. The zero-order valence-corrected chi connectivity index (χ0v) is 20.3. The first-order valence-electron chi connectivity index (χ1n) is 10.3. The van der Waals surface area contributed by atoms with Crippen LogP contribution in [0.25, 0.3) is 0 Å². The Kier molecular flexibility index (Phi) is 8.65. The molecule has 2 atom stereocenters. The molecule has 2 unspecified atom stereocenters. The number of aromatic nitrogens is 2. The van der Waals surface area contributed by atoms with Crippen LogP contribution < -0.4 is 0 Å². The van der Waals surface area contributed by atoms with Crippen molar-refractivity contribution in [1.29, 1.82) is 0 Å². The molecular weight excluding hydrogens is 382 g/mol. The van der Waals surface area contributed by atoms with E-state index >= 15 is 0 Å². The lowest BCUT2D eigenvalue weighted by molar-refractivity contribution is 0.602. The van der Waals surface area contributed by atoms with Crippen molar-refractivity contribution in [2.75, 3.05) is 13.1 Å². The van der Waals surface area contributed by atoms with E-state index in [0.29, 0.717) is 16.4 Å². The molecule has 0 spiro atoms. The monoisotopic (exact) mass is 418 g/mol. The van der Waals surface area contributed by atoms with E-state index in [1.165, 1.54) is 23.4 Å². The minimum absolute atomic E-state index is 0.218. The van der Waals surface area contributed by atoms with E-state index in [4.69, 9.17) is 0 Å². The van der Waals surface area contributed by atoms with E-state index in [1.807, 2.05) is 24.8 Å². The highest BCUT2D eigenvalue weighted by atomic mass is 31.0. The Bertz CT molecular complexity index is 707. The second-order valence-electron chi connectivity index (χ2n) is 9.35. The maximum Gasteiger partial charge on any atom is 0.0967 e. The van der Waals surface area contributed by atoms with Gasteiger partial charge in [0.1, 0.15) is 0 Å². The van der Waals surface area contributed by atoms with Gasteiger partial charge in [0.25, 0.3) is 0 Å². The maximum absolute atomic E-state index is 4.55. The number of rotatable bonds is 9. The van der Waals surface area contributed by atoms with Crippen LogP contribution in [-0.2, 0) is 10.8 Å². The fraction of sp³-hybridized carbons (Fsp3) is 0.636. The van der Waals surface area contributed by atoms with Crippen LogP contribution in [0.5, 0.6) is 0 Å². The molecule has 0 aliphatic carbocycles. The van der Waals surface area contributed by atoms with Crippen LogP contribution in [0.1, 0.15) is 88.7 Å². The van der Waals surface area contributed by atoms with Gasteiger partial charge in [-0.2, -0.15) is 0 Å². The summed E-state index contributed by atoms with van der Waals surface area (Å²) in [7, 11) is 1.37. The first-order valence-corrected chi connectivity index (χ1v) is 12.3. The Morgan fingerprint density at radius 2 is 1.11 bits per heavy atom. The molecule has 0 amide bonds. The predicted octanol–water partition coefficient (Wildman–Crippen LogP) is 6.23. The first kappa shape index (κ1) is 23.0. The smallest absolute Gasteiger partial charge is 0.0967 e. The molecule has 0 radical (unpaired) electrons. The Morgan fingerprint density at radius 3 is 1.43 bits per heavy atom. The molecule has 6 heteroatoms. The summed E-state index contributed by atoms with van der Waals surface area (Å²) >= 11 is 0. The third-order valence-corrected chi connectivity index (χ3v) is 7.88. The number of hydrogen-bond donors (Lipinski definition) is 0. The van der Waals surface area contributed by atoms with Gasteiger partial charge in [-0.25, -0.2) is 0 Å². The highest BCUT2D eigenvalue weighted by molar-refractivity contribution is 7.33. The second kappa shape index (κ2) is 10.5. The Balaban J connectivity index is 1.56. The van der Waals surface area contributed by atoms with Gasteiger partial charge >= 0.3 is 0 Å². The quantitative estimate of drug-likeness (QED) is 0.358. The lowest BCUT2D eigenvalue weighted by Gasteiger charge is -2.15. The van der Waals surface area contributed by atoms with Crippen molar-refractivity contribution in [2.24, 2.45) is 9.98 Å². The molecule has 2 aromatic rings. The van der Waals surface area contributed by atoms with E-state index in [2.05, 4.69) is 61.5 Å². The van der Waals surface area contributed by atoms with E-state index in [0.717, 1.165) is 36.8 Å². The van der Waals surface area contributed by atoms with Crippen LogP contribution in [0, 0.1) is 0 Å². The Hall–Kier alpha value is -1.24. The van der Waals surface area contributed by atoms with Crippen molar-refractivity contribution in [1.82, 2.24) is 9.97 Å². The average Bonchev–Trinajstić information content (AvgIpc) is 3.25. The molecule has 0 bridgehead atoms. The van der Waals surface area contributed by atoms with Crippen molar-refractivity contribution < 1.29 is 0 Å². The van der Waals surface area contributed by atoms with Gasteiger partial charge in [0, 0.05) is 25.5 Å².